The topological polar surface area (TPSA) is 81.0 Å². The fourth-order valence-corrected chi connectivity index (χ4v) is 5.26. The molecular weight excluding hydrogens is 544 g/mol. The monoisotopic (exact) mass is 577 g/mol. The molecule has 2 aromatic heterocycles. The van der Waals surface area contributed by atoms with Crippen LogP contribution < -0.4 is 5.56 Å². The number of carbonyl (C=O) groups excluding carboxylic acids is 1. The summed E-state index contributed by atoms with van der Waals surface area (Å²) in [6, 6.07) is 13.9. The van der Waals surface area contributed by atoms with Gasteiger partial charge in [-0.2, -0.15) is 4.98 Å². The van der Waals surface area contributed by atoms with E-state index in [4.69, 9.17) is 0 Å². The highest BCUT2D eigenvalue weighted by molar-refractivity contribution is 7.98. The second-order valence-electron chi connectivity index (χ2n) is 9.87. The van der Waals surface area contributed by atoms with E-state index in [1.165, 1.54) is 29.7 Å². The zero-order valence-electron chi connectivity index (χ0n) is 23.0. The molecule has 0 unspecified atom stereocenters. The molecule has 0 aliphatic rings. The fraction of sp³-hybridized carbons (Fsp3) is 0.323. The summed E-state index contributed by atoms with van der Waals surface area (Å²) in [5.41, 5.74) is 2.78. The molecule has 7 nitrogen and oxygen atoms in total. The van der Waals surface area contributed by atoms with Gasteiger partial charge in [-0.1, -0.05) is 54.6 Å². The van der Waals surface area contributed by atoms with Gasteiger partial charge in [0.15, 0.2) is 16.8 Å². The number of halogens is 2. The van der Waals surface area contributed by atoms with Crippen molar-refractivity contribution in [1.82, 2.24) is 24.4 Å². The van der Waals surface area contributed by atoms with Crippen molar-refractivity contribution in [3.63, 3.8) is 0 Å². The molecular formula is C31H33F2N5O2S. The zero-order valence-corrected chi connectivity index (χ0v) is 23.8. The number of thioether (sulfide) groups is 1. The number of hydrogen-bond acceptors (Lipinski definition) is 6. The van der Waals surface area contributed by atoms with Gasteiger partial charge >= 0.3 is 0 Å². The van der Waals surface area contributed by atoms with Crippen molar-refractivity contribution in [3.05, 3.63) is 118 Å². The largest absolute Gasteiger partial charge is 0.345 e. The van der Waals surface area contributed by atoms with Gasteiger partial charge in [0, 0.05) is 62.9 Å². The SMILES string of the molecule is CN(CCc1ccccc1)C(=O)CCCCCn1cc(Cc2cncnc2)c(=O)nc1SCc1ccc(F)c(F)c1. The van der Waals surface area contributed by atoms with E-state index >= 15 is 0 Å². The number of nitrogens with zero attached hydrogens (tertiary/aromatic N) is 5. The van der Waals surface area contributed by atoms with Crippen LogP contribution in [0.25, 0.3) is 0 Å². The van der Waals surface area contributed by atoms with Crippen LogP contribution in [0.15, 0.2) is 83.4 Å². The minimum absolute atomic E-state index is 0.126. The summed E-state index contributed by atoms with van der Waals surface area (Å²) in [4.78, 5) is 39.6. The molecule has 0 aliphatic heterocycles. The van der Waals surface area contributed by atoms with E-state index in [9.17, 15) is 18.4 Å². The normalized spacial score (nSPS) is 11.0. The van der Waals surface area contributed by atoms with Gasteiger partial charge in [-0.3, -0.25) is 9.59 Å². The van der Waals surface area contributed by atoms with Crippen LogP contribution in [0.2, 0.25) is 0 Å². The number of rotatable bonds is 14. The summed E-state index contributed by atoms with van der Waals surface area (Å²) in [6.45, 7) is 1.28. The van der Waals surface area contributed by atoms with Crippen LogP contribution in [0, 0.1) is 11.6 Å². The van der Waals surface area contributed by atoms with Crippen molar-refractivity contribution in [2.75, 3.05) is 13.6 Å². The second-order valence-corrected chi connectivity index (χ2v) is 10.8. The average molecular weight is 578 g/mol. The van der Waals surface area contributed by atoms with Crippen molar-refractivity contribution in [3.8, 4) is 0 Å². The van der Waals surface area contributed by atoms with E-state index < -0.39 is 11.6 Å². The standard InChI is InChI=1S/C31H33F2N5O2S/c1-37(15-13-23-8-4-2-5-9-23)29(39)10-6-3-7-14-38-20-26(16-25-18-34-22-35-19-25)30(40)36-31(38)41-21-24-11-12-27(32)28(33)17-24/h2,4-5,8-9,11-12,17-20,22H,3,6-7,10,13-16,21H2,1H3. The lowest BCUT2D eigenvalue weighted by Gasteiger charge is -2.17. The van der Waals surface area contributed by atoms with Crippen LogP contribution in [-0.2, 0) is 29.9 Å². The predicted molar refractivity (Wildman–Crippen MR) is 156 cm³/mol. The fourth-order valence-electron chi connectivity index (χ4n) is 4.33. The van der Waals surface area contributed by atoms with Gasteiger partial charge in [0.2, 0.25) is 5.91 Å². The van der Waals surface area contributed by atoms with Crippen LogP contribution in [-0.4, -0.2) is 43.9 Å². The highest BCUT2D eigenvalue weighted by Crippen LogP contribution is 2.23. The van der Waals surface area contributed by atoms with Gasteiger partial charge in [0.1, 0.15) is 6.33 Å². The Morgan fingerprint density at radius 2 is 1.73 bits per heavy atom. The maximum Gasteiger partial charge on any atom is 0.277 e. The Morgan fingerprint density at radius 3 is 2.49 bits per heavy atom. The van der Waals surface area contributed by atoms with E-state index in [1.807, 2.05) is 29.8 Å². The Morgan fingerprint density at radius 1 is 0.951 bits per heavy atom. The smallest absolute Gasteiger partial charge is 0.277 e. The van der Waals surface area contributed by atoms with Crippen molar-refractivity contribution < 1.29 is 13.6 Å². The molecule has 0 bridgehead atoms. The van der Waals surface area contributed by atoms with E-state index in [0.717, 1.165) is 43.4 Å². The lowest BCUT2D eigenvalue weighted by atomic mass is 10.1. The van der Waals surface area contributed by atoms with Gasteiger partial charge in [0.25, 0.3) is 5.56 Å². The van der Waals surface area contributed by atoms with E-state index in [0.29, 0.717) is 48.0 Å². The van der Waals surface area contributed by atoms with Crippen LogP contribution >= 0.6 is 11.8 Å². The molecule has 0 fully saturated rings. The molecule has 0 spiro atoms. The maximum atomic E-state index is 13.7. The highest BCUT2D eigenvalue weighted by Gasteiger charge is 2.13. The van der Waals surface area contributed by atoms with E-state index in [-0.39, 0.29) is 11.5 Å². The Hall–Kier alpha value is -3.92. The molecule has 0 aliphatic carbocycles. The number of aromatic nitrogens is 4. The molecule has 2 aromatic carbocycles. The minimum Gasteiger partial charge on any atom is -0.345 e. The lowest BCUT2D eigenvalue weighted by molar-refractivity contribution is -0.130. The number of unbranched alkanes of at least 4 members (excludes halogenated alkanes) is 2. The molecule has 2 heterocycles. The third-order valence-electron chi connectivity index (χ3n) is 6.68. The van der Waals surface area contributed by atoms with Gasteiger partial charge in [0.05, 0.1) is 0 Å². The minimum atomic E-state index is -0.908. The number of hydrogen-bond donors (Lipinski definition) is 0. The molecule has 0 radical (unpaired) electrons. The quantitative estimate of drug-likeness (QED) is 0.113. The molecule has 0 saturated heterocycles. The van der Waals surface area contributed by atoms with Crippen molar-refractivity contribution in [2.45, 2.75) is 56.0 Å². The first kappa shape index (κ1) is 30.0. The molecule has 4 aromatic rings. The van der Waals surface area contributed by atoms with Crippen LogP contribution in [0.1, 0.15) is 47.9 Å². The van der Waals surface area contributed by atoms with Gasteiger partial charge in [-0.15, -0.1) is 0 Å². The highest BCUT2D eigenvalue weighted by atomic mass is 32.2. The molecule has 214 valence electrons. The summed E-state index contributed by atoms with van der Waals surface area (Å²) >= 11 is 1.30. The molecule has 0 atom stereocenters. The van der Waals surface area contributed by atoms with Crippen LogP contribution in [0.3, 0.4) is 0 Å². The summed E-state index contributed by atoms with van der Waals surface area (Å²) in [7, 11) is 1.84. The van der Waals surface area contributed by atoms with Crippen LogP contribution in [0.4, 0.5) is 8.78 Å². The Labute approximate surface area is 242 Å². The predicted octanol–water partition coefficient (Wildman–Crippen LogP) is 5.46. The molecule has 4 rings (SSSR count). The van der Waals surface area contributed by atoms with Crippen LogP contribution in [0.5, 0.6) is 0 Å². The number of amides is 1. The third-order valence-corrected chi connectivity index (χ3v) is 7.75. The molecule has 10 heteroatoms. The molecule has 41 heavy (non-hydrogen) atoms. The van der Waals surface area contributed by atoms with Gasteiger partial charge in [-0.05, 0) is 48.1 Å². The number of likely N-dealkylation sites (N-methyl/N-ethyl adjacent to an activating group) is 1. The summed E-state index contributed by atoms with van der Waals surface area (Å²) < 4.78 is 28.9. The Kier molecular flexibility index (Phi) is 11.1. The first-order chi connectivity index (χ1) is 19.9. The molecule has 1 amide bonds. The average Bonchev–Trinajstić information content (AvgIpc) is 2.99. The van der Waals surface area contributed by atoms with Gasteiger partial charge in [-0.25, -0.2) is 18.7 Å². The summed E-state index contributed by atoms with van der Waals surface area (Å²) in [5.74, 6) is -1.35. The number of benzene rings is 2. The van der Waals surface area contributed by atoms with Gasteiger partial charge < -0.3 is 9.47 Å². The van der Waals surface area contributed by atoms with Crippen molar-refractivity contribution in [1.29, 1.82) is 0 Å². The van der Waals surface area contributed by atoms with Crippen molar-refractivity contribution >= 4 is 17.7 Å². The Bertz CT molecular complexity index is 1490. The van der Waals surface area contributed by atoms with E-state index in [2.05, 4.69) is 27.1 Å². The number of carbonyl (C=O) groups is 1. The number of aryl methyl sites for hydroxylation is 1. The lowest BCUT2D eigenvalue weighted by Crippen LogP contribution is -2.28. The van der Waals surface area contributed by atoms with E-state index in [1.54, 1.807) is 23.5 Å². The maximum absolute atomic E-state index is 13.7. The summed E-state index contributed by atoms with van der Waals surface area (Å²) in [5, 5.41) is 0.504. The van der Waals surface area contributed by atoms with Crippen molar-refractivity contribution in [2.24, 2.45) is 0 Å². The zero-order chi connectivity index (χ0) is 29.0. The molecule has 0 saturated carbocycles. The first-order valence-electron chi connectivity index (χ1n) is 13.6. The molecule has 0 N–H and O–H groups in total. The third kappa shape index (κ3) is 9.31. The Balaban J connectivity index is 1.34. The summed E-state index contributed by atoms with van der Waals surface area (Å²) in [6.07, 6.45) is 10.6. The first-order valence-corrected chi connectivity index (χ1v) is 14.6. The second kappa shape index (κ2) is 15.2.